The molecule has 0 unspecified atom stereocenters. The van der Waals surface area contributed by atoms with Crippen molar-refractivity contribution in [2.45, 2.75) is 83.1 Å². The van der Waals surface area contributed by atoms with E-state index in [1.807, 2.05) is 57.2 Å². The second kappa shape index (κ2) is 12.0. The molecule has 2 aromatic carbocycles. The minimum absolute atomic E-state index is 0.00461. The van der Waals surface area contributed by atoms with Crippen LogP contribution in [0.1, 0.15) is 52.0 Å². The summed E-state index contributed by atoms with van der Waals surface area (Å²) in [5.74, 6) is -0.621. The molecule has 42 heavy (non-hydrogen) atoms. The van der Waals surface area contributed by atoms with Crippen molar-refractivity contribution in [1.29, 1.82) is 5.26 Å². The number of hydrogen-bond donors (Lipinski definition) is 1. The van der Waals surface area contributed by atoms with E-state index >= 15 is 0 Å². The Morgan fingerprint density at radius 1 is 1.14 bits per heavy atom. The van der Waals surface area contributed by atoms with E-state index in [0.29, 0.717) is 31.6 Å². The molecule has 2 aliphatic rings. The van der Waals surface area contributed by atoms with E-state index in [1.54, 1.807) is 22.6 Å². The molecule has 2 fully saturated rings. The number of likely N-dealkylation sites (tertiary alicyclic amines) is 1. The van der Waals surface area contributed by atoms with E-state index in [9.17, 15) is 19.6 Å². The summed E-state index contributed by atoms with van der Waals surface area (Å²) in [7, 11) is 1.63. The van der Waals surface area contributed by atoms with Crippen LogP contribution in [0.15, 0.2) is 51.7 Å². The lowest BCUT2D eigenvalue weighted by molar-refractivity contribution is -0.128. The van der Waals surface area contributed by atoms with Crippen molar-refractivity contribution in [3.05, 3.63) is 58.6 Å². The van der Waals surface area contributed by atoms with Crippen LogP contribution in [0.25, 0.3) is 22.2 Å². The largest absolute Gasteiger partial charge is 0.444 e. The highest BCUT2D eigenvalue weighted by Gasteiger charge is 2.52. The molecule has 10 heteroatoms. The van der Waals surface area contributed by atoms with Crippen molar-refractivity contribution in [2.24, 2.45) is 5.92 Å². The summed E-state index contributed by atoms with van der Waals surface area (Å²) >= 11 is 0. The monoisotopic (exact) mass is 574 g/mol. The number of carbonyl (C=O) groups is 2. The molecule has 0 spiro atoms. The maximum absolute atomic E-state index is 13.4. The molecule has 2 bridgehead atoms. The topological polar surface area (TPSA) is 127 Å². The van der Waals surface area contributed by atoms with E-state index in [2.05, 4.69) is 11.4 Å². The Morgan fingerprint density at radius 3 is 2.57 bits per heavy atom. The number of hydrogen-bond acceptors (Lipinski definition) is 7. The van der Waals surface area contributed by atoms with Crippen LogP contribution in [0.3, 0.4) is 0 Å². The molecular weight excluding hydrogens is 536 g/mol. The lowest BCUT2D eigenvalue weighted by Crippen LogP contribution is -2.55. The molecule has 1 saturated carbocycles. The second-order valence-electron chi connectivity index (χ2n) is 12.2. The number of fused-ring (bicyclic) bond motifs is 3. The molecule has 2 amide bonds. The molecule has 3 aromatic rings. The molecule has 1 aliphatic heterocycles. The molecule has 10 nitrogen and oxygen atoms in total. The molecule has 5 rings (SSSR count). The molecule has 0 radical (unpaired) electrons. The standard InChI is InChI=1S/C32H38N4O6/c1-32(2,3)42-31(39)36-25-12-10-23(17-25)28(36)29(37)34-24(19-33)16-20-6-8-21(9-7-20)22-11-13-27-26(18-22)35(30(38)41-27)14-5-15-40-4/h6-9,11,13,18,23-25,28H,5,10,12,14-17H2,1-4H3,(H,34,37)/t23-,24-,25+,28-/m0/s1. The minimum atomic E-state index is -0.744. The van der Waals surface area contributed by atoms with Crippen LogP contribution in [-0.2, 0) is 27.2 Å². The van der Waals surface area contributed by atoms with Crippen LogP contribution < -0.4 is 11.1 Å². The van der Waals surface area contributed by atoms with Gasteiger partial charge in [0, 0.05) is 32.7 Å². The number of rotatable bonds is 9. The fourth-order valence-corrected chi connectivity index (χ4v) is 6.18. The van der Waals surface area contributed by atoms with E-state index < -0.39 is 29.5 Å². The third kappa shape index (κ3) is 6.21. The van der Waals surface area contributed by atoms with Crippen molar-refractivity contribution in [3.63, 3.8) is 0 Å². The number of nitriles is 1. The molecule has 222 valence electrons. The average molecular weight is 575 g/mol. The van der Waals surface area contributed by atoms with Crippen LogP contribution in [0.2, 0.25) is 0 Å². The molecule has 1 N–H and O–H groups in total. The minimum Gasteiger partial charge on any atom is -0.444 e. The first-order valence-electron chi connectivity index (χ1n) is 14.5. The number of ether oxygens (including phenoxy) is 2. The summed E-state index contributed by atoms with van der Waals surface area (Å²) in [5.41, 5.74) is 3.38. The smallest absolute Gasteiger partial charge is 0.419 e. The summed E-state index contributed by atoms with van der Waals surface area (Å²) in [4.78, 5) is 40.3. The van der Waals surface area contributed by atoms with Crippen molar-refractivity contribution >= 4 is 23.1 Å². The molecule has 1 aliphatic carbocycles. The highest BCUT2D eigenvalue weighted by Crippen LogP contribution is 2.43. The predicted octanol–water partition coefficient (Wildman–Crippen LogP) is 4.64. The second-order valence-corrected chi connectivity index (χ2v) is 12.2. The van der Waals surface area contributed by atoms with Gasteiger partial charge in [-0.15, -0.1) is 0 Å². The molecule has 1 aromatic heterocycles. The lowest BCUT2D eigenvalue weighted by atomic mass is 9.97. The quantitative estimate of drug-likeness (QED) is 0.369. The van der Waals surface area contributed by atoms with Gasteiger partial charge in [0.1, 0.15) is 17.7 Å². The fourth-order valence-electron chi connectivity index (χ4n) is 6.18. The van der Waals surface area contributed by atoms with Gasteiger partial charge in [0.25, 0.3) is 0 Å². The number of carbonyl (C=O) groups excluding carboxylic acids is 2. The lowest BCUT2D eigenvalue weighted by Gasteiger charge is -2.35. The molecule has 2 heterocycles. The summed E-state index contributed by atoms with van der Waals surface area (Å²) < 4.78 is 17.7. The Bertz CT molecular complexity index is 1540. The summed E-state index contributed by atoms with van der Waals surface area (Å²) in [6, 6.07) is 14.3. The number of nitrogens with zero attached hydrogens (tertiary/aromatic N) is 3. The van der Waals surface area contributed by atoms with Gasteiger partial charge in [0.2, 0.25) is 5.91 Å². The van der Waals surface area contributed by atoms with Crippen molar-refractivity contribution in [2.75, 3.05) is 13.7 Å². The van der Waals surface area contributed by atoms with Crippen LogP contribution in [0, 0.1) is 17.2 Å². The number of benzene rings is 2. The fraction of sp³-hybridized carbons (Fsp3) is 0.500. The van der Waals surface area contributed by atoms with Crippen molar-refractivity contribution in [3.8, 4) is 17.2 Å². The zero-order valence-corrected chi connectivity index (χ0v) is 24.6. The van der Waals surface area contributed by atoms with Gasteiger partial charge in [-0.1, -0.05) is 30.3 Å². The number of aryl methyl sites for hydroxylation is 1. The molecule has 4 atom stereocenters. The number of piperidine rings is 1. The Labute approximate surface area is 245 Å². The number of aromatic nitrogens is 1. The van der Waals surface area contributed by atoms with Gasteiger partial charge >= 0.3 is 11.8 Å². The summed E-state index contributed by atoms with van der Waals surface area (Å²) in [6.45, 7) is 6.48. The zero-order valence-electron chi connectivity index (χ0n) is 24.6. The van der Waals surface area contributed by atoms with Gasteiger partial charge in [-0.3, -0.25) is 14.3 Å². The first kappa shape index (κ1) is 29.4. The Balaban J connectivity index is 1.26. The van der Waals surface area contributed by atoms with E-state index in [4.69, 9.17) is 13.9 Å². The van der Waals surface area contributed by atoms with Gasteiger partial charge < -0.3 is 19.2 Å². The SMILES string of the molecule is COCCCn1c(=O)oc2ccc(-c3ccc(C[C@@H](C#N)NC(=O)[C@@H]4[C@H]5CC[C@H](C5)N4C(=O)OC(C)(C)C)cc3)cc21. The van der Waals surface area contributed by atoms with Gasteiger partial charge in [-0.2, -0.15) is 5.26 Å². The summed E-state index contributed by atoms with van der Waals surface area (Å²) in [6.07, 6.45) is 3.08. The maximum atomic E-state index is 13.4. The van der Waals surface area contributed by atoms with Gasteiger partial charge in [0.05, 0.1) is 11.6 Å². The highest BCUT2D eigenvalue weighted by molar-refractivity contribution is 5.87. The van der Waals surface area contributed by atoms with E-state index in [0.717, 1.165) is 41.5 Å². The third-order valence-corrected chi connectivity index (χ3v) is 8.06. The number of nitrogens with one attached hydrogen (secondary N) is 1. The Morgan fingerprint density at radius 2 is 1.88 bits per heavy atom. The molecular formula is C32H38N4O6. The number of oxazole rings is 1. The Hall–Kier alpha value is -4.10. The molecule has 1 saturated heterocycles. The average Bonchev–Trinajstić information content (AvgIpc) is 3.65. The van der Waals surface area contributed by atoms with E-state index in [-0.39, 0.29) is 17.9 Å². The number of methoxy groups -OCH3 is 1. The van der Waals surface area contributed by atoms with Crippen LogP contribution in [0.4, 0.5) is 4.79 Å². The first-order valence-corrected chi connectivity index (χ1v) is 14.5. The maximum Gasteiger partial charge on any atom is 0.419 e. The first-order chi connectivity index (χ1) is 20.1. The Kier molecular flexibility index (Phi) is 8.41. The normalized spacial score (nSPS) is 20.5. The van der Waals surface area contributed by atoms with Crippen LogP contribution in [0.5, 0.6) is 0 Å². The third-order valence-electron chi connectivity index (χ3n) is 8.06. The van der Waals surface area contributed by atoms with Gasteiger partial charge in [0.15, 0.2) is 5.58 Å². The van der Waals surface area contributed by atoms with Crippen LogP contribution in [-0.4, -0.2) is 58.9 Å². The van der Waals surface area contributed by atoms with Gasteiger partial charge in [-0.25, -0.2) is 9.59 Å². The van der Waals surface area contributed by atoms with Crippen LogP contribution >= 0.6 is 0 Å². The van der Waals surface area contributed by atoms with Gasteiger partial charge in [-0.05, 0) is 81.2 Å². The van der Waals surface area contributed by atoms with Crippen molar-refractivity contribution < 1.29 is 23.5 Å². The number of amides is 2. The zero-order chi connectivity index (χ0) is 30.0. The van der Waals surface area contributed by atoms with Crippen molar-refractivity contribution in [1.82, 2.24) is 14.8 Å². The summed E-state index contributed by atoms with van der Waals surface area (Å²) in [5, 5.41) is 12.7. The highest BCUT2D eigenvalue weighted by atomic mass is 16.6. The van der Waals surface area contributed by atoms with E-state index in [1.165, 1.54) is 0 Å². The predicted molar refractivity (Wildman–Crippen MR) is 157 cm³/mol.